The Morgan fingerprint density at radius 1 is 0.964 bits per heavy atom. The van der Waals surface area contributed by atoms with Gasteiger partial charge in [0.05, 0.1) is 18.5 Å². The molecule has 0 aromatic heterocycles. The SMILES string of the molecule is COc1cccc(C(=O)N2CCN(C(=O)Nc3ccccc3N(C)C)CC2)c1. The summed E-state index contributed by atoms with van der Waals surface area (Å²) in [5, 5.41) is 2.98. The Balaban J connectivity index is 1.59. The first-order valence-corrected chi connectivity index (χ1v) is 9.25. The van der Waals surface area contributed by atoms with Crippen molar-refractivity contribution in [3.63, 3.8) is 0 Å². The Hall–Kier alpha value is -3.22. The van der Waals surface area contributed by atoms with Gasteiger partial charge in [0.1, 0.15) is 5.75 Å². The summed E-state index contributed by atoms with van der Waals surface area (Å²) in [6, 6.07) is 14.7. The number of piperazine rings is 1. The average molecular weight is 382 g/mol. The number of carbonyl (C=O) groups is 2. The molecule has 0 radical (unpaired) electrons. The van der Waals surface area contributed by atoms with Gasteiger partial charge in [-0.05, 0) is 30.3 Å². The van der Waals surface area contributed by atoms with Crippen LogP contribution in [0.2, 0.25) is 0 Å². The third-order valence-corrected chi connectivity index (χ3v) is 4.80. The quantitative estimate of drug-likeness (QED) is 0.883. The monoisotopic (exact) mass is 382 g/mol. The third-order valence-electron chi connectivity index (χ3n) is 4.80. The normalized spacial score (nSPS) is 13.8. The molecule has 3 rings (SSSR count). The van der Waals surface area contributed by atoms with E-state index in [1.165, 1.54) is 0 Å². The molecule has 0 unspecified atom stereocenters. The highest BCUT2D eigenvalue weighted by molar-refractivity contribution is 5.95. The summed E-state index contributed by atoms with van der Waals surface area (Å²) < 4.78 is 5.19. The van der Waals surface area contributed by atoms with E-state index in [-0.39, 0.29) is 11.9 Å². The van der Waals surface area contributed by atoms with Crippen LogP contribution in [-0.4, -0.2) is 69.1 Å². The summed E-state index contributed by atoms with van der Waals surface area (Å²) >= 11 is 0. The summed E-state index contributed by atoms with van der Waals surface area (Å²) in [7, 11) is 5.46. The number of nitrogens with zero attached hydrogens (tertiary/aromatic N) is 3. The van der Waals surface area contributed by atoms with Gasteiger partial charge >= 0.3 is 6.03 Å². The van der Waals surface area contributed by atoms with Gasteiger partial charge in [0.2, 0.25) is 0 Å². The predicted octanol–water partition coefficient (Wildman–Crippen LogP) is 2.75. The summed E-state index contributed by atoms with van der Waals surface area (Å²) in [5.74, 6) is 0.611. The van der Waals surface area contributed by atoms with Gasteiger partial charge in [0.15, 0.2) is 0 Å². The minimum Gasteiger partial charge on any atom is -0.497 e. The molecule has 0 spiro atoms. The minimum atomic E-state index is -0.150. The molecule has 7 heteroatoms. The number of rotatable bonds is 4. The van der Waals surface area contributed by atoms with Crippen molar-refractivity contribution in [2.45, 2.75) is 0 Å². The molecule has 1 fully saturated rings. The smallest absolute Gasteiger partial charge is 0.322 e. The van der Waals surface area contributed by atoms with E-state index in [4.69, 9.17) is 4.74 Å². The zero-order chi connectivity index (χ0) is 20.1. The molecule has 7 nitrogen and oxygen atoms in total. The highest BCUT2D eigenvalue weighted by Crippen LogP contribution is 2.24. The molecule has 1 saturated heterocycles. The van der Waals surface area contributed by atoms with E-state index in [0.717, 1.165) is 11.4 Å². The number of urea groups is 1. The number of ether oxygens (including phenoxy) is 1. The molecule has 0 bridgehead atoms. The largest absolute Gasteiger partial charge is 0.497 e. The van der Waals surface area contributed by atoms with Gasteiger partial charge < -0.3 is 24.8 Å². The van der Waals surface area contributed by atoms with Crippen LogP contribution in [0.3, 0.4) is 0 Å². The number of benzene rings is 2. The van der Waals surface area contributed by atoms with Gasteiger partial charge in [-0.15, -0.1) is 0 Å². The molecule has 1 aliphatic heterocycles. The topological polar surface area (TPSA) is 65.1 Å². The molecule has 1 N–H and O–H groups in total. The third kappa shape index (κ3) is 4.36. The summed E-state index contributed by atoms with van der Waals surface area (Å²) in [6.45, 7) is 1.98. The maximum atomic E-state index is 12.7. The fraction of sp³-hybridized carbons (Fsp3) is 0.333. The molecule has 148 valence electrons. The first kappa shape index (κ1) is 19.5. The summed E-state index contributed by atoms with van der Waals surface area (Å²) in [4.78, 5) is 30.8. The van der Waals surface area contributed by atoms with Gasteiger partial charge in [-0.25, -0.2) is 4.79 Å². The molecular weight excluding hydrogens is 356 g/mol. The van der Waals surface area contributed by atoms with E-state index in [2.05, 4.69) is 5.32 Å². The van der Waals surface area contributed by atoms with E-state index in [1.54, 1.807) is 35.1 Å². The molecule has 0 atom stereocenters. The van der Waals surface area contributed by atoms with Crippen LogP contribution in [0.1, 0.15) is 10.4 Å². The van der Waals surface area contributed by atoms with Crippen molar-refractivity contribution in [1.29, 1.82) is 0 Å². The van der Waals surface area contributed by atoms with Crippen molar-refractivity contribution < 1.29 is 14.3 Å². The van der Waals surface area contributed by atoms with Gasteiger partial charge in [-0.3, -0.25) is 4.79 Å². The summed E-state index contributed by atoms with van der Waals surface area (Å²) in [5.41, 5.74) is 2.31. The molecule has 0 aliphatic carbocycles. The maximum Gasteiger partial charge on any atom is 0.322 e. The van der Waals surface area contributed by atoms with Crippen LogP contribution in [0.4, 0.5) is 16.2 Å². The lowest BCUT2D eigenvalue weighted by Crippen LogP contribution is -2.51. The standard InChI is InChI=1S/C21H26N4O3/c1-23(2)19-10-5-4-9-18(19)22-21(27)25-13-11-24(12-14-25)20(26)16-7-6-8-17(15-16)28-3/h4-10,15H,11-14H2,1-3H3,(H,22,27). The van der Waals surface area contributed by atoms with Crippen molar-refractivity contribution in [3.05, 3.63) is 54.1 Å². The van der Waals surface area contributed by atoms with E-state index in [0.29, 0.717) is 37.5 Å². The Bertz CT molecular complexity index is 845. The van der Waals surface area contributed by atoms with E-state index in [9.17, 15) is 9.59 Å². The maximum absolute atomic E-state index is 12.7. The second kappa shape index (κ2) is 8.65. The summed E-state index contributed by atoms with van der Waals surface area (Å²) in [6.07, 6.45) is 0. The number of amides is 3. The first-order valence-electron chi connectivity index (χ1n) is 9.25. The highest BCUT2D eigenvalue weighted by Gasteiger charge is 2.25. The zero-order valence-corrected chi connectivity index (χ0v) is 16.5. The molecule has 2 aromatic rings. The van der Waals surface area contributed by atoms with Crippen LogP contribution in [0.15, 0.2) is 48.5 Å². The Labute approximate surface area is 165 Å². The lowest BCUT2D eigenvalue weighted by molar-refractivity contribution is 0.0671. The molecule has 1 heterocycles. The number of nitrogens with one attached hydrogen (secondary N) is 1. The van der Waals surface area contributed by atoms with Crippen LogP contribution in [0, 0.1) is 0 Å². The predicted molar refractivity (Wildman–Crippen MR) is 110 cm³/mol. The number of carbonyl (C=O) groups excluding carboxylic acids is 2. The molecule has 1 aliphatic rings. The number of para-hydroxylation sites is 2. The van der Waals surface area contributed by atoms with E-state index in [1.807, 2.05) is 49.3 Å². The molecule has 28 heavy (non-hydrogen) atoms. The van der Waals surface area contributed by atoms with Gasteiger partial charge in [0.25, 0.3) is 5.91 Å². The average Bonchev–Trinajstić information content (AvgIpc) is 2.73. The number of hydrogen-bond acceptors (Lipinski definition) is 4. The Morgan fingerprint density at radius 3 is 2.32 bits per heavy atom. The number of hydrogen-bond donors (Lipinski definition) is 1. The van der Waals surface area contributed by atoms with Crippen molar-refractivity contribution in [2.24, 2.45) is 0 Å². The Morgan fingerprint density at radius 2 is 1.64 bits per heavy atom. The van der Waals surface area contributed by atoms with Crippen LogP contribution in [-0.2, 0) is 0 Å². The van der Waals surface area contributed by atoms with E-state index < -0.39 is 0 Å². The first-order chi connectivity index (χ1) is 13.5. The van der Waals surface area contributed by atoms with Crippen LogP contribution < -0.4 is 15.0 Å². The lowest BCUT2D eigenvalue weighted by Gasteiger charge is -2.35. The van der Waals surface area contributed by atoms with Gasteiger partial charge in [-0.2, -0.15) is 0 Å². The van der Waals surface area contributed by atoms with Crippen molar-refractivity contribution >= 4 is 23.3 Å². The minimum absolute atomic E-state index is 0.0445. The van der Waals surface area contributed by atoms with Crippen molar-refractivity contribution in [2.75, 3.05) is 57.6 Å². The van der Waals surface area contributed by atoms with E-state index >= 15 is 0 Å². The van der Waals surface area contributed by atoms with Gasteiger partial charge in [-0.1, -0.05) is 18.2 Å². The Kier molecular flexibility index (Phi) is 6.03. The van der Waals surface area contributed by atoms with Crippen molar-refractivity contribution in [3.8, 4) is 5.75 Å². The number of anilines is 2. The van der Waals surface area contributed by atoms with Crippen LogP contribution in [0.5, 0.6) is 5.75 Å². The van der Waals surface area contributed by atoms with Crippen LogP contribution in [0.25, 0.3) is 0 Å². The fourth-order valence-corrected chi connectivity index (χ4v) is 3.21. The molecule has 2 aromatic carbocycles. The van der Waals surface area contributed by atoms with Crippen LogP contribution >= 0.6 is 0 Å². The molecule has 3 amide bonds. The highest BCUT2D eigenvalue weighted by atomic mass is 16.5. The number of methoxy groups -OCH3 is 1. The second-order valence-electron chi connectivity index (χ2n) is 6.85. The molecule has 0 saturated carbocycles. The molecular formula is C21H26N4O3. The zero-order valence-electron chi connectivity index (χ0n) is 16.5. The lowest BCUT2D eigenvalue weighted by atomic mass is 10.1. The second-order valence-corrected chi connectivity index (χ2v) is 6.85. The fourth-order valence-electron chi connectivity index (χ4n) is 3.21. The van der Waals surface area contributed by atoms with Crippen molar-refractivity contribution in [1.82, 2.24) is 9.80 Å². The van der Waals surface area contributed by atoms with Gasteiger partial charge in [0, 0.05) is 45.8 Å².